The number of sulfonamides is 1. The fourth-order valence-corrected chi connectivity index (χ4v) is 3.59. The van der Waals surface area contributed by atoms with Crippen molar-refractivity contribution < 1.29 is 13.2 Å². The van der Waals surface area contributed by atoms with Crippen molar-refractivity contribution in [2.45, 2.75) is 25.7 Å². The molecule has 1 heterocycles. The maximum Gasteiger partial charge on any atom is 0.223 e. The molecule has 1 saturated heterocycles. The maximum absolute atomic E-state index is 11.5. The van der Waals surface area contributed by atoms with E-state index >= 15 is 0 Å². The number of carbonyl (C=O) groups excluding carboxylic acids is 1. The second-order valence-corrected chi connectivity index (χ2v) is 6.58. The number of amides is 1. The molecule has 0 aromatic carbocycles. The minimum absolute atomic E-state index is 0.0860. The van der Waals surface area contributed by atoms with E-state index in [1.807, 2.05) is 0 Å². The molecule has 0 unspecified atom stereocenters. The smallest absolute Gasteiger partial charge is 0.223 e. The van der Waals surface area contributed by atoms with Crippen LogP contribution in [0.3, 0.4) is 0 Å². The summed E-state index contributed by atoms with van der Waals surface area (Å²) >= 11 is 0. The highest BCUT2D eigenvalue weighted by molar-refractivity contribution is 7.89. The summed E-state index contributed by atoms with van der Waals surface area (Å²) < 4.78 is 24.4. The van der Waals surface area contributed by atoms with Crippen molar-refractivity contribution in [3.8, 4) is 0 Å². The van der Waals surface area contributed by atoms with E-state index < -0.39 is 10.0 Å². The second kappa shape index (κ2) is 4.71. The van der Waals surface area contributed by atoms with E-state index in [1.165, 1.54) is 4.31 Å². The van der Waals surface area contributed by atoms with Gasteiger partial charge in [-0.25, -0.2) is 12.7 Å². The van der Waals surface area contributed by atoms with Crippen molar-refractivity contribution in [1.82, 2.24) is 9.62 Å². The third kappa shape index (κ3) is 2.55. The lowest BCUT2D eigenvalue weighted by atomic mass is 9.85. The third-order valence-corrected chi connectivity index (χ3v) is 5.30. The van der Waals surface area contributed by atoms with Crippen molar-refractivity contribution in [2.24, 2.45) is 5.92 Å². The van der Waals surface area contributed by atoms with Crippen LogP contribution >= 0.6 is 0 Å². The van der Waals surface area contributed by atoms with Gasteiger partial charge in [-0.1, -0.05) is 6.42 Å². The number of nitrogens with one attached hydrogen (secondary N) is 1. The number of hydrogen-bond acceptors (Lipinski definition) is 3. The quantitative estimate of drug-likeness (QED) is 0.755. The van der Waals surface area contributed by atoms with Crippen LogP contribution in [0.5, 0.6) is 0 Å². The van der Waals surface area contributed by atoms with E-state index in [0.29, 0.717) is 26.1 Å². The summed E-state index contributed by atoms with van der Waals surface area (Å²) in [6.45, 7) is 1.46. The Morgan fingerprint density at radius 1 is 1.31 bits per heavy atom. The van der Waals surface area contributed by atoms with Gasteiger partial charge in [0.05, 0.1) is 5.75 Å². The molecule has 1 N–H and O–H groups in total. The molecule has 1 aliphatic heterocycles. The SMILES string of the molecule is O=C(NCCN1CCCS1(=O)=O)C1CCC1. The Labute approximate surface area is 96.2 Å². The van der Waals surface area contributed by atoms with Crippen molar-refractivity contribution in [3.63, 3.8) is 0 Å². The Morgan fingerprint density at radius 2 is 2.06 bits per heavy atom. The summed E-state index contributed by atoms with van der Waals surface area (Å²) in [5, 5.41) is 2.80. The van der Waals surface area contributed by atoms with Crippen molar-refractivity contribution in [3.05, 3.63) is 0 Å². The summed E-state index contributed by atoms with van der Waals surface area (Å²) in [7, 11) is -3.01. The molecule has 5 nitrogen and oxygen atoms in total. The van der Waals surface area contributed by atoms with Gasteiger partial charge in [-0.3, -0.25) is 4.79 Å². The van der Waals surface area contributed by atoms with E-state index in [4.69, 9.17) is 0 Å². The van der Waals surface area contributed by atoms with Crippen LogP contribution in [0, 0.1) is 5.92 Å². The van der Waals surface area contributed by atoms with E-state index in [9.17, 15) is 13.2 Å². The Balaban J connectivity index is 1.69. The van der Waals surface area contributed by atoms with E-state index in [2.05, 4.69) is 5.32 Å². The summed E-state index contributed by atoms with van der Waals surface area (Å²) in [5.74, 6) is 0.516. The number of hydrogen-bond donors (Lipinski definition) is 1. The van der Waals surface area contributed by atoms with Crippen LogP contribution in [0.15, 0.2) is 0 Å². The molecule has 0 radical (unpaired) electrons. The van der Waals surface area contributed by atoms with Gasteiger partial charge in [-0.2, -0.15) is 0 Å². The number of carbonyl (C=O) groups is 1. The molecule has 6 heteroatoms. The zero-order valence-corrected chi connectivity index (χ0v) is 10.1. The average Bonchev–Trinajstić information content (AvgIpc) is 2.43. The molecule has 0 atom stereocenters. The van der Waals surface area contributed by atoms with Gasteiger partial charge in [0.2, 0.25) is 15.9 Å². The lowest BCUT2D eigenvalue weighted by Crippen LogP contribution is -2.40. The summed E-state index contributed by atoms with van der Waals surface area (Å²) in [5.41, 5.74) is 0. The normalized spacial score (nSPS) is 25.2. The standard InChI is InChI=1S/C10H18N2O3S/c13-10(9-3-1-4-9)11-5-7-12-6-2-8-16(12,14)15/h9H,1-8H2,(H,11,13). The molecule has 1 amide bonds. The highest BCUT2D eigenvalue weighted by Crippen LogP contribution is 2.26. The topological polar surface area (TPSA) is 66.5 Å². The summed E-state index contributed by atoms with van der Waals surface area (Å²) in [6.07, 6.45) is 3.80. The van der Waals surface area contributed by atoms with Gasteiger partial charge in [0.15, 0.2) is 0 Å². The van der Waals surface area contributed by atoms with E-state index in [-0.39, 0.29) is 17.6 Å². The average molecular weight is 246 g/mol. The molecule has 1 saturated carbocycles. The molecule has 16 heavy (non-hydrogen) atoms. The van der Waals surface area contributed by atoms with Gasteiger partial charge in [0.1, 0.15) is 0 Å². The van der Waals surface area contributed by atoms with Gasteiger partial charge in [0.25, 0.3) is 0 Å². The number of nitrogens with zero attached hydrogens (tertiary/aromatic N) is 1. The lowest BCUT2D eigenvalue weighted by molar-refractivity contribution is -0.127. The molecule has 2 rings (SSSR count). The number of rotatable bonds is 4. The molecule has 0 aromatic rings. The zero-order valence-electron chi connectivity index (χ0n) is 9.31. The van der Waals surface area contributed by atoms with Crippen molar-refractivity contribution in [1.29, 1.82) is 0 Å². The summed E-state index contributed by atoms with van der Waals surface area (Å²) in [6, 6.07) is 0. The Morgan fingerprint density at radius 3 is 2.56 bits per heavy atom. The van der Waals surface area contributed by atoms with E-state index in [0.717, 1.165) is 19.3 Å². The monoisotopic (exact) mass is 246 g/mol. The van der Waals surface area contributed by atoms with Gasteiger partial charge in [-0.05, 0) is 19.3 Å². The zero-order chi connectivity index (χ0) is 11.6. The predicted molar refractivity (Wildman–Crippen MR) is 60.3 cm³/mol. The lowest BCUT2D eigenvalue weighted by Gasteiger charge is -2.24. The van der Waals surface area contributed by atoms with Gasteiger partial charge >= 0.3 is 0 Å². The first-order valence-electron chi connectivity index (χ1n) is 5.85. The van der Waals surface area contributed by atoms with Crippen molar-refractivity contribution >= 4 is 15.9 Å². The molecule has 2 aliphatic rings. The van der Waals surface area contributed by atoms with Crippen LogP contribution < -0.4 is 5.32 Å². The molecular formula is C10H18N2O3S. The fourth-order valence-electron chi connectivity index (χ4n) is 2.06. The van der Waals surface area contributed by atoms with Crippen LogP contribution in [0.4, 0.5) is 0 Å². The molecular weight excluding hydrogens is 228 g/mol. The van der Waals surface area contributed by atoms with Gasteiger partial charge in [-0.15, -0.1) is 0 Å². The Hall–Kier alpha value is -0.620. The largest absolute Gasteiger partial charge is 0.355 e. The first kappa shape index (κ1) is 11.9. The Bertz CT molecular complexity index is 362. The van der Waals surface area contributed by atoms with Crippen LogP contribution in [-0.2, 0) is 14.8 Å². The van der Waals surface area contributed by atoms with E-state index in [1.54, 1.807) is 0 Å². The first-order valence-corrected chi connectivity index (χ1v) is 7.46. The minimum Gasteiger partial charge on any atom is -0.355 e. The second-order valence-electron chi connectivity index (χ2n) is 4.49. The third-order valence-electron chi connectivity index (χ3n) is 3.34. The molecule has 92 valence electrons. The first-order chi connectivity index (χ1) is 7.59. The van der Waals surface area contributed by atoms with Crippen LogP contribution in [-0.4, -0.2) is 44.0 Å². The molecule has 1 aliphatic carbocycles. The highest BCUT2D eigenvalue weighted by Gasteiger charge is 2.28. The summed E-state index contributed by atoms with van der Waals surface area (Å²) in [4.78, 5) is 11.5. The van der Waals surface area contributed by atoms with Gasteiger partial charge in [0, 0.05) is 25.6 Å². The Kier molecular flexibility index (Phi) is 3.49. The molecule has 0 spiro atoms. The van der Waals surface area contributed by atoms with Gasteiger partial charge < -0.3 is 5.32 Å². The highest BCUT2D eigenvalue weighted by atomic mass is 32.2. The van der Waals surface area contributed by atoms with Crippen LogP contribution in [0.2, 0.25) is 0 Å². The van der Waals surface area contributed by atoms with Crippen LogP contribution in [0.25, 0.3) is 0 Å². The minimum atomic E-state index is -3.01. The molecule has 0 bridgehead atoms. The predicted octanol–water partition coefficient (Wildman–Crippen LogP) is -0.0618. The van der Waals surface area contributed by atoms with Crippen molar-refractivity contribution in [2.75, 3.05) is 25.4 Å². The maximum atomic E-state index is 11.5. The molecule has 2 fully saturated rings. The molecule has 0 aromatic heterocycles. The fraction of sp³-hybridized carbons (Fsp3) is 0.900. The van der Waals surface area contributed by atoms with Crippen LogP contribution in [0.1, 0.15) is 25.7 Å².